The summed E-state index contributed by atoms with van der Waals surface area (Å²) in [6, 6.07) is 0. The van der Waals surface area contributed by atoms with Gasteiger partial charge in [-0.15, -0.1) is 0 Å². The van der Waals surface area contributed by atoms with Crippen molar-refractivity contribution in [3.05, 3.63) is 23.8 Å². The van der Waals surface area contributed by atoms with Crippen LogP contribution < -0.4 is 10.0 Å². The number of H-pyrrole nitrogens is 1. The Morgan fingerprint density at radius 2 is 2.21 bits per heavy atom. The van der Waals surface area contributed by atoms with Crippen LogP contribution in [0.15, 0.2) is 17.3 Å². The lowest BCUT2D eigenvalue weighted by Crippen LogP contribution is -2.17. The zero-order valence-electron chi connectivity index (χ0n) is 10.9. The molecule has 0 aromatic carbocycles. The summed E-state index contributed by atoms with van der Waals surface area (Å²) >= 11 is 0. The van der Waals surface area contributed by atoms with Crippen molar-refractivity contribution in [2.45, 2.75) is 18.4 Å². The Balaban J connectivity index is 2.36. The SMILES string of the molecule is CNCc1n[nH]c(C)c1S(=O)(=O)Nc1cnn(C)c1. The molecule has 104 valence electrons. The molecular weight excluding hydrogens is 268 g/mol. The Hall–Kier alpha value is -1.87. The van der Waals surface area contributed by atoms with Crippen molar-refractivity contribution in [2.75, 3.05) is 11.8 Å². The van der Waals surface area contributed by atoms with Crippen LogP contribution in [0.5, 0.6) is 0 Å². The monoisotopic (exact) mass is 284 g/mol. The van der Waals surface area contributed by atoms with Crippen molar-refractivity contribution in [2.24, 2.45) is 7.05 Å². The van der Waals surface area contributed by atoms with Gasteiger partial charge in [-0.25, -0.2) is 8.42 Å². The smallest absolute Gasteiger partial charge is 0.265 e. The van der Waals surface area contributed by atoms with E-state index >= 15 is 0 Å². The Morgan fingerprint density at radius 1 is 1.47 bits per heavy atom. The van der Waals surface area contributed by atoms with E-state index in [9.17, 15) is 8.42 Å². The maximum atomic E-state index is 12.4. The Morgan fingerprint density at radius 3 is 2.79 bits per heavy atom. The first-order valence-electron chi connectivity index (χ1n) is 5.64. The van der Waals surface area contributed by atoms with Crippen LogP contribution >= 0.6 is 0 Å². The number of aromatic amines is 1. The molecule has 0 bridgehead atoms. The highest BCUT2D eigenvalue weighted by Crippen LogP contribution is 2.20. The lowest BCUT2D eigenvalue weighted by atomic mass is 10.4. The molecule has 0 radical (unpaired) electrons. The first-order chi connectivity index (χ1) is 8.94. The molecular formula is C10H16N6O2S. The fourth-order valence-corrected chi connectivity index (χ4v) is 3.19. The minimum Gasteiger partial charge on any atom is -0.314 e. The van der Waals surface area contributed by atoms with Crippen LogP contribution in [0.4, 0.5) is 5.69 Å². The largest absolute Gasteiger partial charge is 0.314 e. The maximum absolute atomic E-state index is 12.4. The zero-order chi connectivity index (χ0) is 14.0. The van der Waals surface area contributed by atoms with Crippen molar-refractivity contribution in [3.63, 3.8) is 0 Å². The Labute approximate surface area is 111 Å². The summed E-state index contributed by atoms with van der Waals surface area (Å²) in [6.07, 6.45) is 3.04. The minimum absolute atomic E-state index is 0.172. The average Bonchev–Trinajstić information content (AvgIpc) is 2.86. The molecule has 2 rings (SSSR count). The van der Waals surface area contributed by atoms with Crippen LogP contribution in [0.25, 0.3) is 0 Å². The van der Waals surface area contributed by atoms with E-state index in [1.54, 1.807) is 27.2 Å². The number of anilines is 1. The van der Waals surface area contributed by atoms with Crippen LogP contribution in [-0.4, -0.2) is 35.4 Å². The van der Waals surface area contributed by atoms with Gasteiger partial charge in [0.25, 0.3) is 10.0 Å². The number of aromatic nitrogens is 4. The van der Waals surface area contributed by atoms with Crippen molar-refractivity contribution >= 4 is 15.7 Å². The van der Waals surface area contributed by atoms with Crippen LogP contribution in [0, 0.1) is 6.92 Å². The Bertz CT molecular complexity index is 672. The van der Waals surface area contributed by atoms with Gasteiger partial charge in [0.1, 0.15) is 4.90 Å². The molecule has 0 fully saturated rings. The van der Waals surface area contributed by atoms with E-state index in [-0.39, 0.29) is 4.90 Å². The van der Waals surface area contributed by atoms with Crippen molar-refractivity contribution < 1.29 is 8.42 Å². The number of hydrogen-bond donors (Lipinski definition) is 3. The fraction of sp³-hybridized carbons (Fsp3) is 0.400. The van der Waals surface area contributed by atoms with E-state index in [0.29, 0.717) is 23.6 Å². The third kappa shape index (κ3) is 2.76. The van der Waals surface area contributed by atoms with E-state index in [1.807, 2.05) is 0 Å². The summed E-state index contributed by atoms with van der Waals surface area (Å²) in [5.74, 6) is 0. The van der Waals surface area contributed by atoms with Crippen molar-refractivity contribution in [1.29, 1.82) is 0 Å². The third-order valence-electron chi connectivity index (χ3n) is 2.53. The van der Waals surface area contributed by atoms with Gasteiger partial charge in [0.2, 0.25) is 0 Å². The second kappa shape index (κ2) is 5.02. The van der Waals surface area contributed by atoms with E-state index in [0.717, 1.165) is 0 Å². The van der Waals surface area contributed by atoms with Crippen molar-refractivity contribution in [3.8, 4) is 0 Å². The van der Waals surface area contributed by atoms with Gasteiger partial charge in [0.15, 0.2) is 0 Å². The van der Waals surface area contributed by atoms with Crippen LogP contribution in [-0.2, 0) is 23.6 Å². The third-order valence-corrected chi connectivity index (χ3v) is 4.12. The lowest BCUT2D eigenvalue weighted by molar-refractivity contribution is 0.598. The number of sulfonamides is 1. The lowest BCUT2D eigenvalue weighted by Gasteiger charge is -2.07. The number of nitrogens with zero attached hydrogens (tertiary/aromatic N) is 3. The van der Waals surface area contributed by atoms with Gasteiger partial charge in [0.05, 0.1) is 23.3 Å². The molecule has 3 N–H and O–H groups in total. The van der Waals surface area contributed by atoms with Gasteiger partial charge >= 0.3 is 0 Å². The molecule has 9 heteroatoms. The standard InChI is InChI=1S/C10H16N6O2S/c1-7-10(9(5-11-2)14-13-7)19(17,18)15-8-4-12-16(3)6-8/h4,6,11,15H,5H2,1-3H3,(H,13,14). The molecule has 8 nitrogen and oxygen atoms in total. The topological polar surface area (TPSA) is 105 Å². The molecule has 2 heterocycles. The molecule has 0 spiro atoms. The highest BCUT2D eigenvalue weighted by molar-refractivity contribution is 7.92. The van der Waals surface area contributed by atoms with E-state index in [4.69, 9.17) is 0 Å². The minimum atomic E-state index is -3.68. The van der Waals surface area contributed by atoms with Gasteiger partial charge in [-0.2, -0.15) is 10.2 Å². The summed E-state index contributed by atoms with van der Waals surface area (Å²) in [6.45, 7) is 2.04. The summed E-state index contributed by atoms with van der Waals surface area (Å²) < 4.78 is 28.7. The highest BCUT2D eigenvalue weighted by Gasteiger charge is 2.24. The van der Waals surface area contributed by atoms with E-state index in [2.05, 4.69) is 25.3 Å². The molecule has 0 aliphatic heterocycles. The predicted molar refractivity (Wildman–Crippen MR) is 70.1 cm³/mol. The van der Waals surface area contributed by atoms with E-state index in [1.165, 1.54) is 10.9 Å². The summed E-state index contributed by atoms with van der Waals surface area (Å²) in [5.41, 5.74) is 1.37. The Kier molecular flexibility index (Phi) is 3.58. The molecule has 0 aliphatic carbocycles. The fourth-order valence-electron chi connectivity index (χ4n) is 1.79. The van der Waals surface area contributed by atoms with Gasteiger partial charge < -0.3 is 5.32 Å². The van der Waals surface area contributed by atoms with Gasteiger partial charge in [0, 0.05) is 19.8 Å². The predicted octanol–water partition coefficient (Wildman–Crippen LogP) is -0.0282. The highest BCUT2D eigenvalue weighted by atomic mass is 32.2. The second-order valence-electron chi connectivity index (χ2n) is 4.16. The molecule has 0 aliphatic rings. The molecule has 0 saturated heterocycles. The zero-order valence-corrected chi connectivity index (χ0v) is 11.7. The molecule has 2 aromatic heterocycles. The summed E-state index contributed by atoms with van der Waals surface area (Å²) in [7, 11) is -0.231. The average molecular weight is 284 g/mol. The quantitative estimate of drug-likeness (QED) is 0.715. The van der Waals surface area contributed by atoms with Crippen LogP contribution in [0.3, 0.4) is 0 Å². The number of rotatable bonds is 5. The van der Waals surface area contributed by atoms with Gasteiger partial charge in [-0.05, 0) is 14.0 Å². The molecule has 2 aromatic rings. The molecule has 0 atom stereocenters. The summed E-state index contributed by atoms with van der Waals surface area (Å²) in [4.78, 5) is 0.172. The van der Waals surface area contributed by atoms with Gasteiger partial charge in [-0.1, -0.05) is 0 Å². The number of aryl methyl sites for hydroxylation is 2. The molecule has 0 unspecified atom stereocenters. The molecule has 0 amide bonds. The van der Waals surface area contributed by atoms with Crippen LogP contribution in [0.2, 0.25) is 0 Å². The first-order valence-corrected chi connectivity index (χ1v) is 7.12. The summed E-state index contributed by atoms with van der Waals surface area (Å²) in [5, 5.41) is 13.5. The second-order valence-corrected chi connectivity index (χ2v) is 5.78. The maximum Gasteiger partial charge on any atom is 0.265 e. The first kappa shape index (κ1) is 13.6. The van der Waals surface area contributed by atoms with Crippen molar-refractivity contribution in [1.82, 2.24) is 25.3 Å². The van der Waals surface area contributed by atoms with Gasteiger partial charge in [-0.3, -0.25) is 14.5 Å². The van der Waals surface area contributed by atoms with E-state index < -0.39 is 10.0 Å². The number of hydrogen-bond acceptors (Lipinski definition) is 5. The molecule has 19 heavy (non-hydrogen) atoms. The van der Waals surface area contributed by atoms with Crippen LogP contribution in [0.1, 0.15) is 11.4 Å². The normalized spacial score (nSPS) is 11.7. The molecule has 0 saturated carbocycles. The number of nitrogens with one attached hydrogen (secondary N) is 3.